The van der Waals surface area contributed by atoms with Crippen molar-refractivity contribution in [2.75, 3.05) is 6.61 Å². The van der Waals surface area contributed by atoms with Crippen molar-refractivity contribution in [2.24, 2.45) is 5.92 Å². The summed E-state index contributed by atoms with van der Waals surface area (Å²) >= 11 is 3.54. The number of hydrogen-bond acceptors (Lipinski definition) is 2. The second kappa shape index (κ2) is 5.62. The van der Waals surface area contributed by atoms with Gasteiger partial charge < -0.3 is 10.1 Å². The molecule has 0 aliphatic heterocycles. The zero-order valence-corrected chi connectivity index (χ0v) is 12.2. The zero-order chi connectivity index (χ0) is 12.4. The molecule has 1 N–H and O–H groups in total. The van der Waals surface area contributed by atoms with Gasteiger partial charge in [-0.1, -0.05) is 22.4 Å². The monoisotopic (exact) mass is 309 g/mol. The van der Waals surface area contributed by atoms with Crippen molar-refractivity contribution in [1.82, 2.24) is 5.32 Å². The molecular formula is C15H20BrNO. The molecule has 1 aromatic rings. The van der Waals surface area contributed by atoms with Gasteiger partial charge in [0.2, 0.25) is 0 Å². The zero-order valence-electron chi connectivity index (χ0n) is 10.6. The fourth-order valence-electron chi connectivity index (χ4n) is 2.24. The minimum absolute atomic E-state index is 0.739. The Morgan fingerprint density at radius 2 is 2.06 bits per heavy atom. The van der Waals surface area contributed by atoms with Gasteiger partial charge in [0.05, 0.1) is 6.61 Å². The van der Waals surface area contributed by atoms with Crippen LogP contribution in [0.4, 0.5) is 0 Å². The molecule has 3 heteroatoms. The van der Waals surface area contributed by atoms with Crippen molar-refractivity contribution in [2.45, 2.75) is 44.7 Å². The molecule has 2 fully saturated rings. The Kier molecular flexibility index (Phi) is 3.90. The summed E-state index contributed by atoms with van der Waals surface area (Å²) in [6, 6.07) is 7.07. The lowest BCUT2D eigenvalue weighted by Crippen LogP contribution is -2.21. The normalized spacial score (nSPS) is 19.6. The highest BCUT2D eigenvalue weighted by atomic mass is 79.9. The summed E-state index contributed by atoms with van der Waals surface area (Å²) in [6.07, 6.45) is 6.71. The molecule has 2 nitrogen and oxygen atoms in total. The van der Waals surface area contributed by atoms with Crippen molar-refractivity contribution in [3.63, 3.8) is 0 Å². The summed E-state index contributed by atoms with van der Waals surface area (Å²) in [5, 5.41) is 3.56. The van der Waals surface area contributed by atoms with E-state index in [1.807, 2.05) is 0 Å². The van der Waals surface area contributed by atoms with Crippen molar-refractivity contribution in [3.05, 3.63) is 28.2 Å². The van der Waals surface area contributed by atoms with E-state index in [1.165, 1.54) is 37.7 Å². The third-order valence-corrected chi connectivity index (χ3v) is 4.37. The van der Waals surface area contributed by atoms with Crippen LogP contribution in [0.25, 0.3) is 0 Å². The fourth-order valence-corrected chi connectivity index (χ4v) is 2.64. The minimum atomic E-state index is 0.739. The van der Waals surface area contributed by atoms with Gasteiger partial charge in [0.1, 0.15) is 5.75 Å². The molecule has 0 aromatic heterocycles. The SMILES string of the molecule is Brc1ccc(OCC2CCC2)c(CNC2CC2)c1. The highest BCUT2D eigenvalue weighted by molar-refractivity contribution is 9.10. The lowest BCUT2D eigenvalue weighted by Gasteiger charge is -2.25. The predicted octanol–water partition coefficient (Wildman–Crippen LogP) is 3.88. The first-order valence-corrected chi connectivity index (χ1v) is 7.75. The van der Waals surface area contributed by atoms with Crippen LogP contribution in [0, 0.1) is 5.92 Å². The van der Waals surface area contributed by atoms with E-state index in [1.54, 1.807) is 0 Å². The van der Waals surface area contributed by atoms with Gasteiger partial charge >= 0.3 is 0 Å². The van der Waals surface area contributed by atoms with E-state index in [0.717, 1.165) is 35.3 Å². The largest absolute Gasteiger partial charge is 0.493 e. The maximum Gasteiger partial charge on any atom is 0.123 e. The lowest BCUT2D eigenvalue weighted by atomic mass is 9.86. The molecule has 18 heavy (non-hydrogen) atoms. The quantitative estimate of drug-likeness (QED) is 0.861. The van der Waals surface area contributed by atoms with Gasteiger partial charge in [0.15, 0.2) is 0 Å². The molecule has 2 aliphatic rings. The third kappa shape index (κ3) is 3.27. The van der Waals surface area contributed by atoms with Crippen LogP contribution in [0.3, 0.4) is 0 Å². The van der Waals surface area contributed by atoms with Gasteiger partial charge in [-0.25, -0.2) is 0 Å². The number of nitrogens with one attached hydrogen (secondary N) is 1. The summed E-state index contributed by atoms with van der Waals surface area (Å²) in [5.41, 5.74) is 1.27. The summed E-state index contributed by atoms with van der Waals surface area (Å²) in [4.78, 5) is 0. The van der Waals surface area contributed by atoms with Gasteiger partial charge in [-0.05, 0) is 49.8 Å². The van der Waals surface area contributed by atoms with Crippen molar-refractivity contribution >= 4 is 15.9 Å². The van der Waals surface area contributed by atoms with E-state index in [-0.39, 0.29) is 0 Å². The molecule has 0 spiro atoms. The van der Waals surface area contributed by atoms with Crippen LogP contribution in [0.1, 0.15) is 37.7 Å². The molecule has 0 amide bonds. The van der Waals surface area contributed by atoms with E-state index in [9.17, 15) is 0 Å². The van der Waals surface area contributed by atoms with E-state index in [4.69, 9.17) is 4.74 Å². The fraction of sp³-hybridized carbons (Fsp3) is 0.600. The molecule has 0 unspecified atom stereocenters. The van der Waals surface area contributed by atoms with Crippen molar-refractivity contribution in [1.29, 1.82) is 0 Å². The molecule has 3 rings (SSSR count). The average Bonchev–Trinajstić information content (AvgIpc) is 3.10. The third-order valence-electron chi connectivity index (χ3n) is 3.88. The summed E-state index contributed by atoms with van der Waals surface area (Å²) in [5.74, 6) is 1.84. The number of hydrogen-bond donors (Lipinski definition) is 1. The van der Waals surface area contributed by atoms with Crippen LogP contribution in [0.15, 0.2) is 22.7 Å². The lowest BCUT2D eigenvalue weighted by molar-refractivity contribution is 0.179. The Bertz CT molecular complexity index is 413. The molecule has 2 saturated carbocycles. The maximum atomic E-state index is 5.99. The highest BCUT2D eigenvalue weighted by Crippen LogP contribution is 2.29. The maximum absolute atomic E-state index is 5.99. The second-order valence-corrected chi connectivity index (χ2v) is 6.43. The Labute approximate surface area is 117 Å². The van der Waals surface area contributed by atoms with Crippen molar-refractivity contribution in [3.8, 4) is 5.75 Å². The van der Waals surface area contributed by atoms with Crippen LogP contribution in [-0.4, -0.2) is 12.6 Å². The summed E-state index contributed by atoms with van der Waals surface area (Å²) in [6.45, 7) is 1.81. The highest BCUT2D eigenvalue weighted by Gasteiger charge is 2.21. The molecule has 0 radical (unpaired) electrons. The molecule has 2 aliphatic carbocycles. The molecule has 1 aromatic carbocycles. The second-order valence-electron chi connectivity index (χ2n) is 5.52. The van der Waals surface area contributed by atoms with Gasteiger partial charge in [-0.3, -0.25) is 0 Å². The molecule has 0 saturated heterocycles. The van der Waals surface area contributed by atoms with Gasteiger partial charge in [-0.15, -0.1) is 0 Å². The topological polar surface area (TPSA) is 21.3 Å². The minimum Gasteiger partial charge on any atom is -0.493 e. The van der Waals surface area contributed by atoms with E-state index in [2.05, 4.69) is 39.4 Å². The standard InChI is InChI=1S/C15H20BrNO/c16-13-4-7-15(18-10-11-2-1-3-11)12(8-13)9-17-14-5-6-14/h4,7-8,11,14,17H,1-3,5-6,9-10H2. The number of halogens is 1. The van der Waals surface area contributed by atoms with Gasteiger partial charge in [0.25, 0.3) is 0 Å². The molecule has 0 atom stereocenters. The molecule has 98 valence electrons. The first-order chi connectivity index (χ1) is 8.81. The first kappa shape index (κ1) is 12.5. The van der Waals surface area contributed by atoms with Gasteiger partial charge in [-0.2, -0.15) is 0 Å². The van der Waals surface area contributed by atoms with Crippen molar-refractivity contribution < 1.29 is 4.74 Å². The van der Waals surface area contributed by atoms with Crippen LogP contribution in [0.2, 0.25) is 0 Å². The number of benzene rings is 1. The Morgan fingerprint density at radius 1 is 1.22 bits per heavy atom. The van der Waals surface area contributed by atoms with E-state index in [0.29, 0.717) is 0 Å². The van der Waals surface area contributed by atoms with Crippen LogP contribution in [0.5, 0.6) is 5.75 Å². The average molecular weight is 310 g/mol. The Hall–Kier alpha value is -0.540. The van der Waals surface area contributed by atoms with Crippen LogP contribution in [-0.2, 0) is 6.54 Å². The van der Waals surface area contributed by atoms with Crippen LogP contribution >= 0.6 is 15.9 Å². The molecular weight excluding hydrogens is 290 g/mol. The smallest absolute Gasteiger partial charge is 0.123 e. The summed E-state index contributed by atoms with van der Waals surface area (Å²) in [7, 11) is 0. The predicted molar refractivity (Wildman–Crippen MR) is 76.8 cm³/mol. The van der Waals surface area contributed by atoms with E-state index >= 15 is 0 Å². The Balaban J connectivity index is 1.61. The van der Waals surface area contributed by atoms with Crippen LogP contribution < -0.4 is 10.1 Å². The van der Waals surface area contributed by atoms with E-state index < -0.39 is 0 Å². The van der Waals surface area contributed by atoms with Gasteiger partial charge in [0, 0.05) is 22.6 Å². The summed E-state index contributed by atoms with van der Waals surface area (Å²) < 4.78 is 7.12. The Morgan fingerprint density at radius 3 is 2.72 bits per heavy atom. The molecule has 0 heterocycles. The first-order valence-electron chi connectivity index (χ1n) is 6.96. The number of rotatable bonds is 6. The molecule has 0 bridgehead atoms. The number of ether oxygens (including phenoxy) is 1.